The average molecular weight is 355 g/mol. The Balaban J connectivity index is 1.38. The maximum atomic E-state index is 12.5. The van der Waals surface area contributed by atoms with Crippen molar-refractivity contribution in [2.75, 3.05) is 18.0 Å². The van der Waals surface area contributed by atoms with Gasteiger partial charge in [-0.15, -0.1) is 22.7 Å². The number of nitrogens with zero attached hydrogens (tertiary/aromatic N) is 2. The van der Waals surface area contributed by atoms with Crippen molar-refractivity contribution in [2.24, 2.45) is 0 Å². The van der Waals surface area contributed by atoms with Gasteiger partial charge >= 0.3 is 0 Å². The van der Waals surface area contributed by atoms with Crippen molar-refractivity contribution < 1.29 is 4.79 Å². The molecule has 122 valence electrons. The third-order valence-corrected chi connectivity index (χ3v) is 5.92. The number of anilines is 1. The Morgan fingerprint density at radius 3 is 2.75 bits per heavy atom. The molecule has 1 aromatic carbocycles. The molecule has 0 aliphatic carbocycles. The van der Waals surface area contributed by atoms with E-state index in [4.69, 9.17) is 0 Å². The van der Waals surface area contributed by atoms with Gasteiger partial charge in [-0.1, -0.05) is 18.2 Å². The molecule has 3 aromatic rings. The lowest BCUT2D eigenvalue weighted by Crippen LogP contribution is -2.37. The van der Waals surface area contributed by atoms with Crippen LogP contribution in [0.4, 0.5) is 5.13 Å². The summed E-state index contributed by atoms with van der Waals surface area (Å²) in [4.78, 5) is 20.2. The maximum Gasteiger partial charge on any atom is 0.251 e. The molecule has 0 radical (unpaired) electrons. The zero-order valence-electron chi connectivity index (χ0n) is 13.0. The average Bonchev–Trinajstić information content (AvgIpc) is 3.36. The molecular weight excluding hydrogens is 338 g/mol. The van der Waals surface area contributed by atoms with Gasteiger partial charge in [0.25, 0.3) is 5.91 Å². The van der Waals surface area contributed by atoms with Crippen molar-refractivity contribution in [1.82, 2.24) is 10.3 Å². The summed E-state index contributed by atoms with van der Waals surface area (Å²) >= 11 is 3.35. The highest BCUT2D eigenvalue weighted by Crippen LogP contribution is 2.25. The molecule has 0 saturated carbocycles. The molecule has 1 unspecified atom stereocenters. The largest absolute Gasteiger partial charge is 0.347 e. The van der Waals surface area contributed by atoms with Gasteiger partial charge < -0.3 is 10.2 Å². The van der Waals surface area contributed by atoms with Gasteiger partial charge in [0.05, 0.1) is 0 Å². The van der Waals surface area contributed by atoms with Crippen LogP contribution in [-0.2, 0) is 0 Å². The number of thiophene rings is 1. The van der Waals surface area contributed by atoms with Gasteiger partial charge in [0.15, 0.2) is 5.13 Å². The topological polar surface area (TPSA) is 45.2 Å². The second-order valence-electron chi connectivity index (χ2n) is 5.77. The van der Waals surface area contributed by atoms with E-state index < -0.39 is 0 Å². The molecule has 4 rings (SSSR count). The molecule has 4 nitrogen and oxygen atoms in total. The van der Waals surface area contributed by atoms with E-state index in [-0.39, 0.29) is 11.9 Å². The zero-order valence-corrected chi connectivity index (χ0v) is 14.6. The molecule has 1 saturated heterocycles. The molecule has 3 heterocycles. The summed E-state index contributed by atoms with van der Waals surface area (Å²) in [7, 11) is 0. The van der Waals surface area contributed by atoms with E-state index in [0.29, 0.717) is 5.56 Å². The SMILES string of the molecule is O=C(NC1CCN(c2nccs2)C1)c1ccc(-c2cccs2)cc1. The lowest BCUT2D eigenvalue weighted by Gasteiger charge is -2.15. The van der Waals surface area contributed by atoms with E-state index in [2.05, 4.69) is 26.6 Å². The Kier molecular flexibility index (Phi) is 4.32. The summed E-state index contributed by atoms with van der Waals surface area (Å²) in [5.74, 6) is -0.00119. The summed E-state index contributed by atoms with van der Waals surface area (Å²) in [6.45, 7) is 1.77. The normalized spacial score (nSPS) is 17.2. The van der Waals surface area contributed by atoms with Crippen molar-refractivity contribution in [3.8, 4) is 10.4 Å². The number of hydrogen-bond acceptors (Lipinski definition) is 5. The Morgan fingerprint density at radius 1 is 1.17 bits per heavy atom. The highest BCUT2D eigenvalue weighted by molar-refractivity contribution is 7.13. The number of amides is 1. The Morgan fingerprint density at radius 2 is 2.04 bits per heavy atom. The van der Waals surface area contributed by atoms with E-state index in [9.17, 15) is 4.79 Å². The fourth-order valence-corrected chi connectivity index (χ4v) is 4.33. The molecule has 0 bridgehead atoms. The van der Waals surface area contributed by atoms with Crippen molar-refractivity contribution in [3.05, 3.63) is 58.9 Å². The summed E-state index contributed by atoms with van der Waals surface area (Å²) in [6, 6.07) is 12.1. The number of benzene rings is 1. The molecule has 2 aromatic heterocycles. The number of nitrogens with one attached hydrogen (secondary N) is 1. The monoisotopic (exact) mass is 355 g/mol. The second kappa shape index (κ2) is 6.75. The number of carbonyl (C=O) groups is 1. The van der Waals surface area contributed by atoms with Crippen LogP contribution in [0.1, 0.15) is 16.8 Å². The van der Waals surface area contributed by atoms with Crippen LogP contribution in [0.2, 0.25) is 0 Å². The lowest BCUT2D eigenvalue weighted by molar-refractivity contribution is 0.0940. The smallest absolute Gasteiger partial charge is 0.251 e. The highest BCUT2D eigenvalue weighted by atomic mass is 32.1. The molecule has 1 N–H and O–H groups in total. The minimum Gasteiger partial charge on any atom is -0.347 e. The van der Waals surface area contributed by atoms with E-state index >= 15 is 0 Å². The summed E-state index contributed by atoms with van der Waals surface area (Å²) in [5, 5.41) is 8.22. The van der Waals surface area contributed by atoms with Crippen LogP contribution >= 0.6 is 22.7 Å². The van der Waals surface area contributed by atoms with Crippen LogP contribution in [0.15, 0.2) is 53.4 Å². The quantitative estimate of drug-likeness (QED) is 0.772. The number of hydrogen-bond donors (Lipinski definition) is 1. The highest BCUT2D eigenvalue weighted by Gasteiger charge is 2.25. The molecule has 1 aliphatic heterocycles. The van der Waals surface area contributed by atoms with Gasteiger partial charge in [-0.05, 0) is 35.6 Å². The zero-order chi connectivity index (χ0) is 16.4. The van der Waals surface area contributed by atoms with Gasteiger partial charge in [0, 0.05) is 41.1 Å². The van der Waals surface area contributed by atoms with Gasteiger partial charge in [0.1, 0.15) is 0 Å². The molecule has 1 atom stereocenters. The van der Waals surface area contributed by atoms with Crippen LogP contribution in [0.25, 0.3) is 10.4 Å². The fraction of sp³-hybridized carbons (Fsp3) is 0.222. The molecular formula is C18H17N3OS2. The maximum absolute atomic E-state index is 12.5. The number of aromatic nitrogens is 1. The second-order valence-corrected chi connectivity index (χ2v) is 7.60. The first kappa shape index (κ1) is 15.4. The lowest BCUT2D eigenvalue weighted by atomic mass is 10.1. The standard InChI is InChI=1S/C18H17N3OS2/c22-17(14-5-3-13(4-6-14)16-2-1-10-23-16)20-15-7-9-21(12-15)18-19-8-11-24-18/h1-6,8,10-11,15H,7,9,12H2,(H,20,22). The summed E-state index contributed by atoms with van der Waals surface area (Å²) in [6.07, 6.45) is 2.78. The van der Waals surface area contributed by atoms with Crippen molar-refractivity contribution in [3.63, 3.8) is 0 Å². The minimum atomic E-state index is -0.00119. The third kappa shape index (κ3) is 3.20. The van der Waals surface area contributed by atoms with Crippen molar-refractivity contribution in [1.29, 1.82) is 0 Å². The Hall–Kier alpha value is -2.18. The van der Waals surface area contributed by atoms with E-state index in [1.807, 2.05) is 41.9 Å². The summed E-state index contributed by atoms with van der Waals surface area (Å²) in [5.41, 5.74) is 1.86. The van der Waals surface area contributed by atoms with E-state index in [1.54, 1.807) is 22.7 Å². The number of rotatable bonds is 4. The first-order valence-electron chi connectivity index (χ1n) is 7.89. The predicted octanol–water partition coefficient (Wildman–Crippen LogP) is 3.88. The molecule has 6 heteroatoms. The number of thiazole rings is 1. The Labute approximate surface area is 148 Å². The van der Waals surface area contributed by atoms with E-state index in [1.165, 1.54) is 4.88 Å². The van der Waals surface area contributed by atoms with Crippen LogP contribution in [0, 0.1) is 0 Å². The minimum absolute atomic E-state index is 0.00119. The number of carbonyl (C=O) groups excluding carboxylic acids is 1. The van der Waals surface area contributed by atoms with Crippen LogP contribution < -0.4 is 10.2 Å². The molecule has 1 amide bonds. The van der Waals surface area contributed by atoms with Gasteiger partial charge in [-0.3, -0.25) is 4.79 Å². The van der Waals surface area contributed by atoms with E-state index in [0.717, 1.165) is 30.2 Å². The van der Waals surface area contributed by atoms with Gasteiger partial charge in [0.2, 0.25) is 0 Å². The van der Waals surface area contributed by atoms with Crippen LogP contribution in [-0.4, -0.2) is 30.0 Å². The predicted molar refractivity (Wildman–Crippen MR) is 100.0 cm³/mol. The Bertz CT molecular complexity index is 797. The first-order valence-corrected chi connectivity index (χ1v) is 9.65. The van der Waals surface area contributed by atoms with Gasteiger partial charge in [-0.25, -0.2) is 4.98 Å². The third-order valence-electron chi connectivity index (χ3n) is 4.17. The molecule has 0 spiro atoms. The van der Waals surface area contributed by atoms with Crippen molar-refractivity contribution in [2.45, 2.75) is 12.5 Å². The van der Waals surface area contributed by atoms with Crippen LogP contribution in [0.3, 0.4) is 0 Å². The van der Waals surface area contributed by atoms with Crippen LogP contribution in [0.5, 0.6) is 0 Å². The molecule has 1 fully saturated rings. The fourth-order valence-electron chi connectivity index (χ4n) is 2.92. The summed E-state index contributed by atoms with van der Waals surface area (Å²) < 4.78 is 0. The van der Waals surface area contributed by atoms with Gasteiger partial charge in [-0.2, -0.15) is 0 Å². The molecule has 24 heavy (non-hydrogen) atoms. The molecule has 1 aliphatic rings. The van der Waals surface area contributed by atoms with Crippen molar-refractivity contribution >= 4 is 33.7 Å². The first-order chi connectivity index (χ1) is 11.8.